The van der Waals surface area contributed by atoms with Gasteiger partial charge in [0.2, 0.25) is 5.91 Å². The van der Waals surface area contributed by atoms with E-state index in [4.69, 9.17) is 14.2 Å². The quantitative estimate of drug-likeness (QED) is 0.783. The number of ether oxygens (including phenoxy) is 3. The summed E-state index contributed by atoms with van der Waals surface area (Å²) >= 11 is 0. The number of methoxy groups -OCH3 is 3. The van der Waals surface area contributed by atoms with Crippen LogP contribution >= 0.6 is 0 Å². The highest BCUT2D eigenvalue weighted by atomic mass is 16.5. The SMILES string of the molecule is COc1ccccc1N1CCN(Cc2ccc(OC)c(C)c2OC)CC1=O. The molecule has 6 heteroatoms. The largest absolute Gasteiger partial charge is 0.496 e. The Morgan fingerprint density at radius 3 is 2.33 bits per heavy atom. The molecule has 27 heavy (non-hydrogen) atoms. The summed E-state index contributed by atoms with van der Waals surface area (Å²) in [4.78, 5) is 16.7. The standard InChI is InChI=1S/C21H26N2O4/c1-15-18(25-2)10-9-16(21(15)27-4)13-22-11-12-23(20(24)14-22)17-7-5-6-8-19(17)26-3/h5-10H,11-14H2,1-4H3. The molecule has 2 aromatic carbocycles. The third-order valence-electron chi connectivity index (χ3n) is 4.93. The van der Waals surface area contributed by atoms with Gasteiger partial charge in [0.15, 0.2) is 0 Å². The van der Waals surface area contributed by atoms with Gasteiger partial charge < -0.3 is 19.1 Å². The number of amides is 1. The fourth-order valence-electron chi connectivity index (χ4n) is 3.56. The van der Waals surface area contributed by atoms with Gasteiger partial charge in [-0.3, -0.25) is 9.69 Å². The first kappa shape index (κ1) is 19.0. The molecule has 144 valence electrons. The van der Waals surface area contributed by atoms with E-state index < -0.39 is 0 Å². The fraction of sp³-hybridized carbons (Fsp3) is 0.381. The highest BCUT2D eigenvalue weighted by molar-refractivity contribution is 5.96. The van der Waals surface area contributed by atoms with Crippen LogP contribution in [0.5, 0.6) is 17.2 Å². The van der Waals surface area contributed by atoms with Crippen molar-refractivity contribution in [1.82, 2.24) is 4.90 Å². The Bertz CT molecular complexity index is 822. The number of benzene rings is 2. The third-order valence-corrected chi connectivity index (χ3v) is 4.93. The molecule has 0 atom stereocenters. The number of anilines is 1. The molecule has 0 aliphatic carbocycles. The topological polar surface area (TPSA) is 51.2 Å². The predicted molar refractivity (Wildman–Crippen MR) is 105 cm³/mol. The van der Waals surface area contributed by atoms with Gasteiger partial charge in [-0.2, -0.15) is 0 Å². The number of carbonyl (C=O) groups excluding carboxylic acids is 1. The minimum atomic E-state index is 0.0648. The van der Waals surface area contributed by atoms with Crippen LogP contribution in [0, 0.1) is 6.92 Å². The normalized spacial score (nSPS) is 15.0. The molecule has 0 saturated carbocycles. The second kappa shape index (κ2) is 8.31. The Hall–Kier alpha value is -2.73. The maximum Gasteiger partial charge on any atom is 0.241 e. The van der Waals surface area contributed by atoms with Gasteiger partial charge in [0.1, 0.15) is 17.2 Å². The lowest BCUT2D eigenvalue weighted by atomic mass is 10.1. The van der Waals surface area contributed by atoms with Gasteiger partial charge in [-0.1, -0.05) is 18.2 Å². The van der Waals surface area contributed by atoms with Gasteiger partial charge in [-0.05, 0) is 25.1 Å². The zero-order valence-electron chi connectivity index (χ0n) is 16.3. The van der Waals surface area contributed by atoms with E-state index in [0.717, 1.165) is 34.9 Å². The number of rotatable bonds is 6. The van der Waals surface area contributed by atoms with Crippen LogP contribution in [0.3, 0.4) is 0 Å². The predicted octanol–water partition coefficient (Wildman–Crippen LogP) is 2.87. The Labute approximate surface area is 160 Å². The summed E-state index contributed by atoms with van der Waals surface area (Å²) in [6, 6.07) is 11.6. The van der Waals surface area contributed by atoms with E-state index in [1.54, 1.807) is 26.2 Å². The molecule has 0 aromatic heterocycles. The third kappa shape index (κ3) is 3.85. The second-order valence-corrected chi connectivity index (χ2v) is 6.51. The lowest BCUT2D eigenvalue weighted by Gasteiger charge is -2.35. The highest BCUT2D eigenvalue weighted by Crippen LogP contribution is 2.33. The summed E-state index contributed by atoms with van der Waals surface area (Å²) in [6.45, 7) is 4.38. The first-order chi connectivity index (χ1) is 13.1. The van der Waals surface area contributed by atoms with Crippen LogP contribution in [0.4, 0.5) is 5.69 Å². The summed E-state index contributed by atoms with van der Waals surface area (Å²) in [5, 5.41) is 0. The van der Waals surface area contributed by atoms with Gasteiger partial charge in [-0.25, -0.2) is 0 Å². The Morgan fingerprint density at radius 2 is 1.67 bits per heavy atom. The lowest BCUT2D eigenvalue weighted by molar-refractivity contribution is -0.121. The molecule has 0 bridgehead atoms. The minimum absolute atomic E-state index is 0.0648. The summed E-state index contributed by atoms with van der Waals surface area (Å²) in [5.41, 5.74) is 2.84. The van der Waals surface area contributed by atoms with E-state index >= 15 is 0 Å². The number of carbonyl (C=O) groups is 1. The number of nitrogens with zero attached hydrogens (tertiary/aromatic N) is 2. The molecule has 0 unspecified atom stereocenters. The Morgan fingerprint density at radius 1 is 0.926 bits per heavy atom. The van der Waals surface area contributed by atoms with Gasteiger partial charge in [-0.15, -0.1) is 0 Å². The van der Waals surface area contributed by atoms with Crippen molar-refractivity contribution in [1.29, 1.82) is 0 Å². The van der Waals surface area contributed by atoms with Crippen molar-refractivity contribution in [2.24, 2.45) is 0 Å². The van der Waals surface area contributed by atoms with E-state index in [2.05, 4.69) is 4.90 Å². The zero-order chi connectivity index (χ0) is 19.4. The smallest absolute Gasteiger partial charge is 0.241 e. The molecule has 1 amide bonds. The zero-order valence-corrected chi connectivity index (χ0v) is 16.3. The summed E-state index contributed by atoms with van der Waals surface area (Å²) in [7, 11) is 4.94. The molecule has 0 N–H and O–H groups in total. The van der Waals surface area contributed by atoms with Gasteiger partial charge >= 0.3 is 0 Å². The van der Waals surface area contributed by atoms with E-state index in [-0.39, 0.29) is 5.91 Å². The van der Waals surface area contributed by atoms with E-state index in [1.807, 2.05) is 43.3 Å². The first-order valence-electron chi connectivity index (χ1n) is 8.95. The molecule has 1 saturated heterocycles. The number of hydrogen-bond donors (Lipinski definition) is 0. The molecule has 0 radical (unpaired) electrons. The average Bonchev–Trinajstić information content (AvgIpc) is 2.68. The second-order valence-electron chi connectivity index (χ2n) is 6.51. The van der Waals surface area contributed by atoms with Gasteiger partial charge in [0.05, 0.1) is 33.6 Å². The average molecular weight is 370 g/mol. The van der Waals surface area contributed by atoms with Crippen LogP contribution in [-0.4, -0.2) is 51.8 Å². The van der Waals surface area contributed by atoms with Crippen molar-refractivity contribution in [2.75, 3.05) is 45.9 Å². The number of piperazine rings is 1. The van der Waals surface area contributed by atoms with Crippen LogP contribution in [0.15, 0.2) is 36.4 Å². The molecule has 0 spiro atoms. The highest BCUT2D eigenvalue weighted by Gasteiger charge is 2.27. The summed E-state index contributed by atoms with van der Waals surface area (Å²) in [6.07, 6.45) is 0. The van der Waals surface area contributed by atoms with Crippen LogP contribution in [0.2, 0.25) is 0 Å². The van der Waals surface area contributed by atoms with Gasteiger partial charge in [0, 0.05) is 30.8 Å². The van der Waals surface area contributed by atoms with E-state index in [9.17, 15) is 4.79 Å². The molecule has 1 aliphatic rings. The Kier molecular flexibility index (Phi) is 5.86. The molecule has 1 fully saturated rings. The number of para-hydroxylation sites is 2. The molecule has 1 heterocycles. The van der Waals surface area contributed by atoms with Crippen LogP contribution in [0.1, 0.15) is 11.1 Å². The lowest BCUT2D eigenvalue weighted by Crippen LogP contribution is -2.50. The molecule has 1 aliphatic heterocycles. The van der Waals surface area contributed by atoms with Crippen LogP contribution < -0.4 is 19.1 Å². The fourth-order valence-corrected chi connectivity index (χ4v) is 3.56. The van der Waals surface area contributed by atoms with Crippen LogP contribution in [-0.2, 0) is 11.3 Å². The van der Waals surface area contributed by atoms with Crippen molar-refractivity contribution in [3.8, 4) is 17.2 Å². The maximum atomic E-state index is 12.8. The summed E-state index contributed by atoms with van der Waals surface area (Å²) in [5.74, 6) is 2.39. The molecule has 6 nitrogen and oxygen atoms in total. The first-order valence-corrected chi connectivity index (χ1v) is 8.95. The van der Waals surface area contributed by atoms with Crippen molar-refractivity contribution >= 4 is 11.6 Å². The Balaban J connectivity index is 1.74. The molecular weight excluding hydrogens is 344 g/mol. The monoisotopic (exact) mass is 370 g/mol. The van der Waals surface area contributed by atoms with Gasteiger partial charge in [0.25, 0.3) is 0 Å². The molecular formula is C21H26N2O4. The number of hydrogen-bond acceptors (Lipinski definition) is 5. The van der Waals surface area contributed by atoms with Crippen molar-refractivity contribution in [2.45, 2.75) is 13.5 Å². The molecule has 2 aromatic rings. The van der Waals surface area contributed by atoms with Crippen LogP contribution in [0.25, 0.3) is 0 Å². The van der Waals surface area contributed by atoms with Crippen molar-refractivity contribution in [3.63, 3.8) is 0 Å². The van der Waals surface area contributed by atoms with E-state index in [0.29, 0.717) is 25.4 Å². The van der Waals surface area contributed by atoms with Crippen molar-refractivity contribution in [3.05, 3.63) is 47.5 Å². The maximum absolute atomic E-state index is 12.8. The molecule has 3 rings (SSSR count). The summed E-state index contributed by atoms with van der Waals surface area (Å²) < 4.78 is 16.4. The minimum Gasteiger partial charge on any atom is -0.496 e. The van der Waals surface area contributed by atoms with Crippen molar-refractivity contribution < 1.29 is 19.0 Å². The van der Waals surface area contributed by atoms with E-state index in [1.165, 1.54) is 0 Å².